The van der Waals surface area contributed by atoms with E-state index < -0.39 is 6.03 Å². The number of amides is 3. The van der Waals surface area contributed by atoms with E-state index in [0.29, 0.717) is 33.0 Å². The smallest absolute Gasteiger partial charge is 0.325 e. The average Bonchev–Trinajstić information content (AvgIpc) is 3.08. The standard InChI is InChI=1S/C19H17ClN4O3S/c1-27-16-7-5-13(6-8-16)21-17(25)10-15-11-28-19(23-15)24-18(26)22-14-4-2-3-12(20)9-14/h2-9,11H,10H2,1H3,(H,21,25)(H2,22,23,24,26). The van der Waals surface area contributed by atoms with Crippen LogP contribution in [0.4, 0.5) is 21.3 Å². The summed E-state index contributed by atoms with van der Waals surface area (Å²) in [6.07, 6.45) is 0.0973. The number of nitrogens with zero attached hydrogens (tertiary/aromatic N) is 1. The number of methoxy groups -OCH3 is 1. The molecule has 0 unspecified atom stereocenters. The minimum Gasteiger partial charge on any atom is -0.497 e. The zero-order valence-electron chi connectivity index (χ0n) is 14.9. The van der Waals surface area contributed by atoms with Crippen LogP contribution in [0.25, 0.3) is 0 Å². The molecule has 0 aliphatic rings. The van der Waals surface area contributed by atoms with Gasteiger partial charge in [0.2, 0.25) is 5.91 Å². The lowest BCUT2D eigenvalue weighted by Gasteiger charge is -2.06. The molecule has 3 rings (SSSR count). The summed E-state index contributed by atoms with van der Waals surface area (Å²) in [6.45, 7) is 0. The summed E-state index contributed by atoms with van der Waals surface area (Å²) in [7, 11) is 1.58. The molecule has 0 saturated heterocycles. The fourth-order valence-corrected chi connectivity index (χ4v) is 3.21. The van der Waals surface area contributed by atoms with E-state index in [1.54, 1.807) is 61.0 Å². The number of anilines is 3. The predicted molar refractivity (Wildman–Crippen MR) is 112 cm³/mol. The molecule has 28 heavy (non-hydrogen) atoms. The summed E-state index contributed by atoms with van der Waals surface area (Å²) in [5.74, 6) is 0.509. The van der Waals surface area contributed by atoms with Gasteiger partial charge in [-0.3, -0.25) is 10.1 Å². The molecule has 0 radical (unpaired) electrons. The zero-order valence-corrected chi connectivity index (χ0v) is 16.4. The van der Waals surface area contributed by atoms with Gasteiger partial charge >= 0.3 is 6.03 Å². The van der Waals surface area contributed by atoms with Gasteiger partial charge < -0.3 is 15.4 Å². The molecule has 0 aliphatic carbocycles. The summed E-state index contributed by atoms with van der Waals surface area (Å²) < 4.78 is 5.08. The summed E-state index contributed by atoms with van der Waals surface area (Å²) in [6, 6.07) is 13.4. The van der Waals surface area contributed by atoms with Crippen LogP contribution in [-0.4, -0.2) is 24.0 Å². The van der Waals surface area contributed by atoms with Crippen molar-refractivity contribution in [1.29, 1.82) is 0 Å². The highest BCUT2D eigenvalue weighted by atomic mass is 35.5. The largest absolute Gasteiger partial charge is 0.497 e. The maximum atomic E-state index is 12.2. The van der Waals surface area contributed by atoms with Gasteiger partial charge in [0.05, 0.1) is 19.2 Å². The number of ether oxygens (including phenoxy) is 1. The van der Waals surface area contributed by atoms with Gasteiger partial charge in [0.1, 0.15) is 5.75 Å². The van der Waals surface area contributed by atoms with E-state index in [1.807, 2.05) is 0 Å². The van der Waals surface area contributed by atoms with Gasteiger partial charge in [0.15, 0.2) is 5.13 Å². The molecule has 0 aliphatic heterocycles. The van der Waals surface area contributed by atoms with Crippen molar-refractivity contribution >= 4 is 51.4 Å². The maximum Gasteiger partial charge on any atom is 0.325 e. The average molecular weight is 417 g/mol. The van der Waals surface area contributed by atoms with Crippen molar-refractivity contribution in [3.63, 3.8) is 0 Å². The van der Waals surface area contributed by atoms with E-state index >= 15 is 0 Å². The number of halogens is 1. The van der Waals surface area contributed by atoms with Crippen molar-refractivity contribution in [3.8, 4) is 5.75 Å². The van der Waals surface area contributed by atoms with Crippen LogP contribution in [0.1, 0.15) is 5.69 Å². The molecule has 3 aromatic rings. The summed E-state index contributed by atoms with van der Waals surface area (Å²) in [4.78, 5) is 28.4. The third kappa shape index (κ3) is 5.70. The number of hydrogen-bond donors (Lipinski definition) is 3. The van der Waals surface area contributed by atoms with Gasteiger partial charge in [0.25, 0.3) is 0 Å². The molecule has 0 fully saturated rings. The molecule has 9 heteroatoms. The fourth-order valence-electron chi connectivity index (χ4n) is 2.32. The number of aromatic nitrogens is 1. The summed E-state index contributed by atoms with van der Waals surface area (Å²) >= 11 is 7.13. The van der Waals surface area contributed by atoms with Gasteiger partial charge in [0, 0.05) is 21.8 Å². The zero-order chi connectivity index (χ0) is 19.9. The third-order valence-electron chi connectivity index (χ3n) is 3.57. The van der Waals surface area contributed by atoms with Crippen LogP contribution >= 0.6 is 22.9 Å². The monoisotopic (exact) mass is 416 g/mol. The van der Waals surface area contributed by atoms with Crippen molar-refractivity contribution < 1.29 is 14.3 Å². The highest BCUT2D eigenvalue weighted by Crippen LogP contribution is 2.19. The van der Waals surface area contributed by atoms with Gasteiger partial charge in [-0.05, 0) is 42.5 Å². The highest BCUT2D eigenvalue weighted by Gasteiger charge is 2.10. The molecule has 0 bridgehead atoms. The van der Waals surface area contributed by atoms with Crippen molar-refractivity contribution in [2.24, 2.45) is 0 Å². The first-order valence-corrected chi connectivity index (χ1v) is 9.49. The van der Waals surface area contributed by atoms with Crippen LogP contribution in [-0.2, 0) is 11.2 Å². The third-order valence-corrected chi connectivity index (χ3v) is 4.61. The Morgan fingerprint density at radius 3 is 2.57 bits per heavy atom. The summed E-state index contributed by atoms with van der Waals surface area (Å²) in [5.41, 5.74) is 1.80. The number of benzene rings is 2. The number of hydrogen-bond acceptors (Lipinski definition) is 5. The molecule has 0 atom stereocenters. The van der Waals surface area contributed by atoms with E-state index in [2.05, 4.69) is 20.9 Å². The minimum atomic E-state index is -0.439. The van der Waals surface area contributed by atoms with Gasteiger partial charge in [-0.25, -0.2) is 9.78 Å². The number of nitrogens with one attached hydrogen (secondary N) is 3. The normalized spacial score (nSPS) is 10.2. The topological polar surface area (TPSA) is 92.4 Å². The highest BCUT2D eigenvalue weighted by molar-refractivity contribution is 7.14. The lowest BCUT2D eigenvalue weighted by Crippen LogP contribution is -2.19. The van der Waals surface area contributed by atoms with E-state index in [1.165, 1.54) is 11.3 Å². The molecule has 0 saturated carbocycles. The molecule has 3 amide bonds. The maximum absolute atomic E-state index is 12.2. The SMILES string of the molecule is COc1ccc(NC(=O)Cc2csc(NC(=O)Nc3cccc(Cl)c3)n2)cc1. The van der Waals surface area contributed by atoms with Crippen LogP contribution in [0.5, 0.6) is 5.75 Å². The lowest BCUT2D eigenvalue weighted by molar-refractivity contribution is -0.115. The Morgan fingerprint density at radius 1 is 1.07 bits per heavy atom. The Morgan fingerprint density at radius 2 is 1.86 bits per heavy atom. The second kappa shape index (κ2) is 9.20. The van der Waals surface area contributed by atoms with Crippen LogP contribution in [0.2, 0.25) is 5.02 Å². The van der Waals surface area contributed by atoms with Gasteiger partial charge in [-0.2, -0.15) is 0 Å². The van der Waals surface area contributed by atoms with E-state index in [0.717, 1.165) is 0 Å². The Bertz CT molecular complexity index is 975. The first kappa shape index (κ1) is 19.7. The predicted octanol–water partition coefficient (Wildman–Crippen LogP) is 4.63. The second-order valence-electron chi connectivity index (χ2n) is 5.69. The minimum absolute atomic E-state index is 0.0973. The Labute approximate surface area is 170 Å². The Kier molecular flexibility index (Phi) is 6.46. The van der Waals surface area contributed by atoms with Gasteiger partial charge in [-0.15, -0.1) is 11.3 Å². The van der Waals surface area contributed by atoms with Crippen molar-refractivity contribution in [1.82, 2.24) is 4.98 Å². The summed E-state index contributed by atoms with van der Waals surface area (Å²) in [5, 5.41) is 10.7. The molecular weight excluding hydrogens is 400 g/mol. The van der Waals surface area contributed by atoms with Gasteiger partial charge in [-0.1, -0.05) is 17.7 Å². The first-order valence-electron chi connectivity index (χ1n) is 8.24. The number of rotatable bonds is 6. The molecule has 3 N–H and O–H groups in total. The second-order valence-corrected chi connectivity index (χ2v) is 6.98. The molecule has 0 spiro atoms. The number of thiazole rings is 1. The Balaban J connectivity index is 1.51. The van der Waals surface area contributed by atoms with E-state index in [9.17, 15) is 9.59 Å². The van der Waals surface area contributed by atoms with Crippen LogP contribution in [0, 0.1) is 0 Å². The molecule has 144 valence electrons. The molecular formula is C19H17ClN4O3S. The molecule has 1 aromatic heterocycles. The first-order chi connectivity index (χ1) is 13.5. The molecule has 2 aromatic carbocycles. The molecule has 1 heterocycles. The van der Waals surface area contributed by atoms with Crippen LogP contribution in [0.3, 0.4) is 0 Å². The van der Waals surface area contributed by atoms with Crippen molar-refractivity contribution in [2.45, 2.75) is 6.42 Å². The quantitative estimate of drug-likeness (QED) is 0.546. The van der Waals surface area contributed by atoms with Crippen molar-refractivity contribution in [2.75, 3.05) is 23.1 Å². The number of carbonyl (C=O) groups excluding carboxylic acids is 2. The van der Waals surface area contributed by atoms with E-state index in [4.69, 9.17) is 16.3 Å². The number of urea groups is 1. The Hall–Kier alpha value is -3.10. The lowest BCUT2D eigenvalue weighted by atomic mass is 10.2. The number of carbonyl (C=O) groups is 2. The fraction of sp³-hybridized carbons (Fsp3) is 0.105. The van der Waals surface area contributed by atoms with E-state index in [-0.39, 0.29) is 12.3 Å². The van der Waals surface area contributed by atoms with Crippen LogP contribution in [0.15, 0.2) is 53.9 Å². The van der Waals surface area contributed by atoms with Crippen LogP contribution < -0.4 is 20.7 Å². The van der Waals surface area contributed by atoms with Crippen molar-refractivity contribution in [3.05, 3.63) is 64.6 Å². The molecule has 7 nitrogen and oxygen atoms in total.